The third-order valence-corrected chi connectivity index (χ3v) is 3.81. The molecule has 0 radical (unpaired) electrons. The van der Waals surface area contributed by atoms with Crippen molar-refractivity contribution in [3.05, 3.63) is 40.8 Å². The number of hydrogen-bond acceptors (Lipinski definition) is 5. The Hall–Kier alpha value is -1.97. The Morgan fingerprint density at radius 3 is 2.72 bits per heavy atom. The summed E-state index contributed by atoms with van der Waals surface area (Å²) in [7, 11) is 0. The number of aryl methyl sites for hydroxylation is 2. The van der Waals surface area contributed by atoms with E-state index in [4.69, 9.17) is 14.0 Å². The highest BCUT2D eigenvalue weighted by molar-refractivity contribution is 14.0. The van der Waals surface area contributed by atoms with Gasteiger partial charge in [0.15, 0.2) is 17.5 Å². The van der Waals surface area contributed by atoms with Crippen LogP contribution < -0.4 is 20.1 Å². The molecule has 0 unspecified atom stereocenters. The average Bonchev–Trinajstić information content (AvgIpc) is 3.17. The number of benzene rings is 1. The molecular formula is C17H23IN4O3. The third kappa shape index (κ3) is 4.77. The molecule has 1 aliphatic rings. The maximum atomic E-state index is 5.40. The molecule has 0 saturated heterocycles. The molecule has 2 heterocycles. The van der Waals surface area contributed by atoms with Crippen LogP contribution in [0.3, 0.4) is 0 Å². The zero-order valence-electron chi connectivity index (χ0n) is 14.6. The number of guanidine groups is 1. The molecule has 1 aliphatic heterocycles. The summed E-state index contributed by atoms with van der Waals surface area (Å²) in [5.74, 6) is 3.13. The Morgan fingerprint density at radius 1 is 1.20 bits per heavy atom. The normalized spacial score (nSPS) is 12.7. The number of ether oxygens (including phenoxy) is 2. The predicted molar refractivity (Wildman–Crippen MR) is 106 cm³/mol. The van der Waals surface area contributed by atoms with Crippen LogP contribution in [0.25, 0.3) is 0 Å². The molecule has 1 aromatic heterocycles. The summed E-state index contributed by atoms with van der Waals surface area (Å²) in [5, 5.41) is 10.5. The molecule has 1 aromatic carbocycles. The van der Waals surface area contributed by atoms with E-state index in [1.807, 2.05) is 39.0 Å². The largest absolute Gasteiger partial charge is 0.454 e. The molecule has 136 valence electrons. The van der Waals surface area contributed by atoms with Gasteiger partial charge in [-0.05, 0) is 38.5 Å². The highest BCUT2D eigenvalue weighted by Gasteiger charge is 2.13. The average molecular weight is 458 g/mol. The summed E-state index contributed by atoms with van der Waals surface area (Å²) in [5.41, 5.74) is 3.02. The van der Waals surface area contributed by atoms with Crippen LogP contribution in [0.4, 0.5) is 0 Å². The van der Waals surface area contributed by atoms with Crippen molar-refractivity contribution in [2.45, 2.75) is 33.9 Å². The Balaban J connectivity index is 0.00000225. The van der Waals surface area contributed by atoms with Gasteiger partial charge >= 0.3 is 0 Å². The third-order valence-electron chi connectivity index (χ3n) is 3.81. The van der Waals surface area contributed by atoms with Crippen LogP contribution in [-0.4, -0.2) is 24.5 Å². The van der Waals surface area contributed by atoms with Crippen LogP contribution in [0.2, 0.25) is 0 Å². The van der Waals surface area contributed by atoms with Gasteiger partial charge in [-0.3, -0.25) is 0 Å². The lowest BCUT2D eigenvalue weighted by molar-refractivity contribution is 0.174. The molecule has 0 fully saturated rings. The predicted octanol–water partition coefficient (Wildman–Crippen LogP) is 2.89. The second-order valence-electron chi connectivity index (χ2n) is 5.54. The minimum atomic E-state index is 0. The second kappa shape index (κ2) is 8.93. The molecule has 0 atom stereocenters. The number of nitrogens with zero attached hydrogens (tertiary/aromatic N) is 2. The van der Waals surface area contributed by atoms with Crippen molar-refractivity contribution < 1.29 is 14.0 Å². The molecule has 25 heavy (non-hydrogen) atoms. The first-order chi connectivity index (χ1) is 11.7. The van der Waals surface area contributed by atoms with Crippen molar-refractivity contribution in [2.75, 3.05) is 13.3 Å². The molecule has 0 saturated carbocycles. The quantitative estimate of drug-likeness (QED) is 0.408. The molecule has 2 aromatic rings. The van der Waals surface area contributed by atoms with E-state index < -0.39 is 0 Å². The zero-order chi connectivity index (χ0) is 16.9. The monoisotopic (exact) mass is 458 g/mol. The summed E-state index contributed by atoms with van der Waals surface area (Å²) in [4.78, 5) is 4.62. The van der Waals surface area contributed by atoms with Gasteiger partial charge in [0.25, 0.3) is 0 Å². The fourth-order valence-electron chi connectivity index (χ4n) is 2.48. The standard InChI is InChI=1S/C17H22N4O3.HI/c1-4-18-17(20-9-14-11(2)21-24-12(14)3)19-8-13-5-6-15-16(7-13)23-10-22-15;/h5-7H,4,8-10H2,1-3H3,(H2,18,19,20);1H. The number of aliphatic imine (C=N–C) groups is 1. The molecule has 0 aliphatic carbocycles. The lowest BCUT2D eigenvalue weighted by Crippen LogP contribution is -2.37. The van der Waals surface area contributed by atoms with E-state index in [0.29, 0.717) is 13.1 Å². The maximum absolute atomic E-state index is 5.40. The van der Waals surface area contributed by atoms with Crippen LogP contribution >= 0.6 is 24.0 Å². The van der Waals surface area contributed by atoms with Gasteiger partial charge in [-0.1, -0.05) is 11.2 Å². The SMILES string of the molecule is CCNC(=NCc1ccc2c(c1)OCO2)NCc1c(C)noc1C.I. The fraction of sp³-hybridized carbons (Fsp3) is 0.412. The second-order valence-corrected chi connectivity index (χ2v) is 5.54. The van der Waals surface area contributed by atoms with E-state index in [1.165, 1.54) is 0 Å². The van der Waals surface area contributed by atoms with Gasteiger partial charge in [0.2, 0.25) is 6.79 Å². The lowest BCUT2D eigenvalue weighted by atomic mass is 10.2. The number of halogens is 1. The summed E-state index contributed by atoms with van der Waals surface area (Å²) in [6.45, 7) is 8.12. The van der Waals surface area contributed by atoms with Crippen LogP contribution in [0.1, 0.15) is 29.5 Å². The number of nitrogens with one attached hydrogen (secondary N) is 2. The number of aromatic nitrogens is 1. The van der Waals surface area contributed by atoms with Gasteiger partial charge in [0, 0.05) is 18.7 Å². The van der Waals surface area contributed by atoms with Crippen LogP contribution in [0, 0.1) is 13.8 Å². The van der Waals surface area contributed by atoms with Crippen LogP contribution in [-0.2, 0) is 13.1 Å². The number of fused-ring (bicyclic) bond motifs is 1. The highest BCUT2D eigenvalue weighted by atomic mass is 127. The smallest absolute Gasteiger partial charge is 0.231 e. The summed E-state index contributed by atoms with van der Waals surface area (Å²) in [6, 6.07) is 5.87. The van der Waals surface area contributed by atoms with Gasteiger partial charge in [-0.2, -0.15) is 0 Å². The number of hydrogen-bond donors (Lipinski definition) is 2. The van der Waals surface area contributed by atoms with E-state index in [2.05, 4.69) is 20.8 Å². The summed E-state index contributed by atoms with van der Waals surface area (Å²) < 4.78 is 15.9. The molecular weight excluding hydrogens is 435 g/mol. The molecule has 0 amide bonds. The van der Waals surface area contributed by atoms with E-state index in [0.717, 1.165) is 46.6 Å². The highest BCUT2D eigenvalue weighted by Crippen LogP contribution is 2.32. The minimum Gasteiger partial charge on any atom is -0.454 e. The van der Waals surface area contributed by atoms with E-state index in [-0.39, 0.29) is 30.8 Å². The minimum absolute atomic E-state index is 0. The Labute approximate surface area is 164 Å². The maximum Gasteiger partial charge on any atom is 0.231 e. The van der Waals surface area contributed by atoms with Crippen molar-refractivity contribution in [3.8, 4) is 11.5 Å². The molecule has 2 N–H and O–H groups in total. The van der Waals surface area contributed by atoms with Crippen molar-refractivity contribution in [2.24, 2.45) is 4.99 Å². The molecule has 0 bridgehead atoms. The van der Waals surface area contributed by atoms with Crippen LogP contribution in [0.15, 0.2) is 27.7 Å². The van der Waals surface area contributed by atoms with Crippen LogP contribution in [0.5, 0.6) is 11.5 Å². The summed E-state index contributed by atoms with van der Waals surface area (Å²) >= 11 is 0. The first-order valence-electron chi connectivity index (χ1n) is 8.00. The Bertz CT molecular complexity index is 726. The van der Waals surface area contributed by atoms with Crippen molar-refractivity contribution in [1.82, 2.24) is 15.8 Å². The van der Waals surface area contributed by atoms with E-state index in [9.17, 15) is 0 Å². The van der Waals surface area contributed by atoms with E-state index in [1.54, 1.807) is 0 Å². The molecule has 0 spiro atoms. The first kappa shape index (κ1) is 19.4. The van der Waals surface area contributed by atoms with E-state index >= 15 is 0 Å². The summed E-state index contributed by atoms with van der Waals surface area (Å²) in [6.07, 6.45) is 0. The zero-order valence-corrected chi connectivity index (χ0v) is 16.9. The van der Waals surface area contributed by atoms with Gasteiger partial charge in [-0.15, -0.1) is 24.0 Å². The van der Waals surface area contributed by atoms with Crippen molar-refractivity contribution in [1.29, 1.82) is 0 Å². The number of rotatable bonds is 5. The van der Waals surface area contributed by atoms with Gasteiger partial charge in [-0.25, -0.2) is 4.99 Å². The Kier molecular flexibility index (Phi) is 6.91. The molecule has 8 heteroatoms. The molecule has 7 nitrogen and oxygen atoms in total. The first-order valence-corrected chi connectivity index (χ1v) is 8.00. The Morgan fingerprint density at radius 2 is 2.00 bits per heavy atom. The van der Waals surface area contributed by atoms with Crippen molar-refractivity contribution >= 4 is 29.9 Å². The fourth-order valence-corrected chi connectivity index (χ4v) is 2.48. The van der Waals surface area contributed by atoms with Gasteiger partial charge < -0.3 is 24.6 Å². The lowest BCUT2D eigenvalue weighted by Gasteiger charge is -2.11. The van der Waals surface area contributed by atoms with Crippen molar-refractivity contribution in [3.63, 3.8) is 0 Å². The molecule has 3 rings (SSSR count). The van der Waals surface area contributed by atoms with Gasteiger partial charge in [0.05, 0.1) is 12.2 Å². The van der Waals surface area contributed by atoms with Gasteiger partial charge in [0.1, 0.15) is 5.76 Å². The topological polar surface area (TPSA) is 80.9 Å².